The molecule has 0 aromatic rings. The predicted molar refractivity (Wildman–Crippen MR) is 66.4 cm³/mol. The molecule has 0 aliphatic carbocycles. The highest BCUT2D eigenvalue weighted by atomic mass is 35.5. The van der Waals surface area contributed by atoms with Crippen molar-refractivity contribution in [3.63, 3.8) is 0 Å². The number of amides is 4. The van der Waals surface area contributed by atoms with Crippen LogP contribution in [0, 0.1) is 0 Å². The molecule has 0 unspecified atom stereocenters. The Morgan fingerprint density at radius 3 is 2.72 bits per heavy atom. The first-order valence-electron chi connectivity index (χ1n) is 5.67. The van der Waals surface area contributed by atoms with Crippen LogP contribution in [0.5, 0.6) is 0 Å². The Kier molecular flexibility index (Phi) is 4.92. The lowest BCUT2D eigenvalue weighted by molar-refractivity contribution is -0.134. The standard InChI is InChI=1S/C10H16N4O3.ClH/c1-7-4-11-2-3-14(7)9(16)6-13-5-8(15)12-10(13)17;/h7,11H,2-6H2,1H3,(H,12,15,17);1H/t7-;/m1./s1. The topological polar surface area (TPSA) is 81.8 Å². The number of urea groups is 1. The number of nitrogens with zero attached hydrogens (tertiary/aromatic N) is 2. The van der Waals surface area contributed by atoms with Crippen molar-refractivity contribution in [1.82, 2.24) is 20.4 Å². The molecule has 2 aliphatic rings. The molecular formula is C10H17ClN4O3. The molecule has 7 nitrogen and oxygen atoms in total. The Bertz CT molecular complexity index is 363. The maximum atomic E-state index is 12.0. The Morgan fingerprint density at radius 1 is 1.44 bits per heavy atom. The van der Waals surface area contributed by atoms with Gasteiger partial charge in [-0.15, -0.1) is 12.4 Å². The quantitative estimate of drug-likeness (QED) is 0.620. The van der Waals surface area contributed by atoms with Gasteiger partial charge in [-0.25, -0.2) is 4.79 Å². The summed E-state index contributed by atoms with van der Waals surface area (Å²) in [5, 5.41) is 5.34. The van der Waals surface area contributed by atoms with Gasteiger partial charge in [0.15, 0.2) is 0 Å². The molecule has 2 fully saturated rings. The smallest absolute Gasteiger partial charge is 0.325 e. The van der Waals surface area contributed by atoms with Crippen molar-refractivity contribution in [3.05, 3.63) is 0 Å². The number of carbonyl (C=O) groups excluding carboxylic acids is 3. The molecule has 2 heterocycles. The number of rotatable bonds is 2. The third-order valence-electron chi connectivity index (χ3n) is 3.02. The number of carbonyl (C=O) groups is 3. The molecule has 0 radical (unpaired) electrons. The molecule has 1 atom stereocenters. The van der Waals surface area contributed by atoms with Crippen LogP contribution >= 0.6 is 12.4 Å². The van der Waals surface area contributed by atoms with Gasteiger partial charge in [0.25, 0.3) is 0 Å². The molecule has 4 amide bonds. The van der Waals surface area contributed by atoms with Crippen molar-refractivity contribution in [2.75, 3.05) is 32.7 Å². The van der Waals surface area contributed by atoms with Gasteiger partial charge >= 0.3 is 6.03 Å². The second kappa shape index (κ2) is 6.01. The highest BCUT2D eigenvalue weighted by molar-refractivity contribution is 6.03. The van der Waals surface area contributed by atoms with Crippen LogP contribution in [0.15, 0.2) is 0 Å². The van der Waals surface area contributed by atoms with Gasteiger partial charge < -0.3 is 15.1 Å². The normalized spacial score (nSPS) is 23.7. The molecule has 2 N–H and O–H groups in total. The van der Waals surface area contributed by atoms with E-state index in [2.05, 4.69) is 10.6 Å². The van der Waals surface area contributed by atoms with Crippen molar-refractivity contribution >= 4 is 30.3 Å². The van der Waals surface area contributed by atoms with Crippen LogP contribution in [0.4, 0.5) is 4.79 Å². The predicted octanol–water partition coefficient (Wildman–Crippen LogP) is -1.22. The molecule has 0 saturated carbocycles. The lowest BCUT2D eigenvalue weighted by Crippen LogP contribution is -2.54. The monoisotopic (exact) mass is 276 g/mol. The lowest BCUT2D eigenvalue weighted by atomic mass is 10.2. The number of halogens is 1. The van der Waals surface area contributed by atoms with E-state index in [1.807, 2.05) is 6.92 Å². The van der Waals surface area contributed by atoms with Gasteiger partial charge in [0.05, 0.1) is 0 Å². The van der Waals surface area contributed by atoms with Crippen LogP contribution in [-0.2, 0) is 9.59 Å². The van der Waals surface area contributed by atoms with E-state index in [1.54, 1.807) is 4.90 Å². The summed E-state index contributed by atoms with van der Waals surface area (Å²) in [5.74, 6) is -0.458. The number of piperazine rings is 1. The van der Waals surface area contributed by atoms with Crippen LogP contribution < -0.4 is 10.6 Å². The van der Waals surface area contributed by atoms with E-state index in [-0.39, 0.29) is 43.4 Å². The van der Waals surface area contributed by atoms with Gasteiger partial charge in [-0.3, -0.25) is 14.9 Å². The van der Waals surface area contributed by atoms with Gasteiger partial charge in [0.2, 0.25) is 11.8 Å². The first-order valence-corrected chi connectivity index (χ1v) is 5.67. The van der Waals surface area contributed by atoms with Crippen molar-refractivity contribution in [2.24, 2.45) is 0 Å². The molecule has 102 valence electrons. The summed E-state index contributed by atoms with van der Waals surface area (Å²) in [5.41, 5.74) is 0. The number of nitrogens with one attached hydrogen (secondary N) is 2. The SMILES string of the molecule is C[C@@H]1CNCCN1C(=O)CN1CC(=O)NC1=O.Cl. The minimum absolute atomic E-state index is 0. The zero-order valence-electron chi connectivity index (χ0n) is 10.1. The lowest BCUT2D eigenvalue weighted by Gasteiger charge is -2.34. The highest BCUT2D eigenvalue weighted by Crippen LogP contribution is 2.05. The summed E-state index contributed by atoms with van der Waals surface area (Å²) < 4.78 is 0. The van der Waals surface area contributed by atoms with Gasteiger partial charge in [0.1, 0.15) is 13.1 Å². The summed E-state index contributed by atoms with van der Waals surface area (Å²) in [6.07, 6.45) is 0. The Balaban J connectivity index is 0.00000162. The Labute approximate surface area is 111 Å². The summed E-state index contributed by atoms with van der Waals surface area (Å²) >= 11 is 0. The maximum absolute atomic E-state index is 12.0. The molecule has 2 aliphatic heterocycles. The minimum atomic E-state index is -0.480. The fraction of sp³-hybridized carbons (Fsp3) is 0.700. The fourth-order valence-corrected chi connectivity index (χ4v) is 2.08. The summed E-state index contributed by atoms with van der Waals surface area (Å²) in [6.45, 7) is 4.08. The van der Waals surface area contributed by atoms with E-state index in [4.69, 9.17) is 0 Å². The van der Waals surface area contributed by atoms with Crippen molar-refractivity contribution in [3.8, 4) is 0 Å². The van der Waals surface area contributed by atoms with Crippen LogP contribution in [0.1, 0.15) is 6.92 Å². The molecule has 2 rings (SSSR count). The third-order valence-corrected chi connectivity index (χ3v) is 3.02. The molecule has 0 bridgehead atoms. The second-order valence-electron chi connectivity index (χ2n) is 4.35. The van der Waals surface area contributed by atoms with Crippen LogP contribution in [0.25, 0.3) is 0 Å². The van der Waals surface area contributed by atoms with E-state index in [0.29, 0.717) is 6.54 Å². The van der Waals surface area contributed by atoms with Crippen molar-refractivity contribution < 1.29 is 14.4 Å². The first kappa shape index (κ1) is 14.7. The van der Waals surface area contributed by atoms with E-state index in [0.717, 1.165) is 13.1 Å². The third kappa shape index (κ3) is 3.11. The number of hydrogen-bond acceptors (Lipinski definition) is 4. The van der Waals surface area contributed by atoms with Crippen LogP contribution in [0.3, 0.4) is 0 Å². The maximum Gasteiger partial charge on any atom is 0.325 e. The zero-order chi connectivity index (χ0) is 12.4. The second-order valence-corrected chi connectivity index (χ2v) is 4.35. The van der Waals surface area contributed by atoms with Crippen LogP contribution in [0.2, 0.25) is 0 Å². The summed E-state index contributed by atoms with van der Waals surface area (Å²) in [6, 6.07) is -0.358. The fourth-order valence-electron chi connectivity index (χ4n) is 2.08. The van der Waals surface area contributed by atoms with E-state index < -0.39 is 6.03 Å². The highest BCUT2D eigenvalue weighted by Gasteiger charge is 2.31. The van der Waals surface area contributed by atoms with E-state index in [1.165, 1.54) is 4.90 Å². The van der Waals surface area contributed by atoms with Gasteiger partial charge in [-0.05, 0) is 6.92 Å². The molecule has 8 heteroatoms. The molecular weight excluding hydrogens is 260 g/mol. The Morgan fingerprint density at radius 2 is 2.17 bits per heavy atom. The van der Waals surface area contributed by atoms with E-state index in [9.17, 15) is 14.4 Å². The molecule has 2 saturated heterocycles. The van der Waals surface area contributed by atoms with E-state index >= 15 is 0 Å². The van der Waals surface area contributed by atoms with Crippen LogP contribution in [-0.4, -0.2) is 66.4 Å². The van der Waals surface area contributed by atoms with Gasteiger partial charge in [-0.1, -0.05) is 0 Å². The minimum Gasteiger partial charge on any atom is -0.336 e. The first-order chi connectivity index (χ1) is 8.08. The number of hydrogen-bond donors (Lipinski definition) is 2. The molecule has 0 spiro atoms. The summed E-state index contributed by atoms with van der Waals surface area (Å²) in [7, 11) is 0. The van der Waals surface area contributed by atoms with Gasteiger partial charge in [-0.2, -0.15) is 0 Å². The molecule has 0 aromatic heterocycles. The molecule has 0 aromatic carbocycles. The van der Waals surface area contributed by atoms with Gasteiger partial charge in [0, 0.05) is 25.7 Å². The number of imide groups is 1. The molecule has 18 heavy (non-hydrogen) atoms. The zero-order valence-corrected chi connectivity index (χ0v) is 11.0. The van der Waals surface area contributed by atoms with Crippen molar-refractivity contribution in [1.29, 1.82) is 0 Å². The largest absolute Gasteiger partial charge is 0.336 e. The summed E-state index contributed by atoms with van der Waals surface area (Å²) in [4.78, 5) is 37.2. The Hall–Kier alpha value is -1.34. The van der Waals surface area contributed by atoms with Crippen molar-refractivity contribution in [2.45, 2.75) is 13.0 Å². The average Bonchev–Trinajstić information content (AvgIpc) is 2.58. The average molecular weight is 277 g/mol.